The molecule has 3 rings (SSSR count). The molecule has 3 aromatic rings. The third-order valence-electron chi connectivity index (χ3n) is 3.40. The van der Waals surface area contributed by atoms with Crippen molar-refractivity contribution in [3.63, 3.8) is 0 Å². The number of anilines is 1. The number of nitrogens with one attached hydrogen (secondary N) is 1. The number of rotatable bonds is 4. The minimum atomic E-state index is 0.474. The zero-order valence-electron chi connectivity index (χ0n) is 11.8. The minimum Gasteiger partial charge on any atom is -0.366 e. The molecule has 0 aliphatic heterocycles. The molecule has 1 heterocycles. The summed E-state index contributed by atoms with van der Waals surface area (Å²) in [5.41, 5.74) is 1.24. The number of nitrogens with zero attached hydrogens (tertiary/aromatic N) is 2. The molecule has 0 unspecified atom stereocenters. The van der Waals surface area contributed by atoms with Crippen LogP contribution < -0.4 is 5.32 Å². The van der Waals surface area contributed by atoms with Crippen LogP contribution in [0.3, 0.4) is 0 Å². The number of hydrogen-bond acceptors (Lipinski definition) is 3. The van der Waals surface area contributed by atoms with Gasteiger partial charge in [0.2, 0.25) is 0 Å². The van der Waals surface area contributed by atoms with E-state index in [1.807, 2.05) is 6.92 Å². The second kappa shape index (κ2) is 6.10. The zero-order chi connectivity index (χ0) is 14.7. The van der Waals surface area contributed by atoms with Gasteiger partial charge in [0.15, 0.2) is 0 Å². The lowest BCUT2D eigenvalue weighted by atomic mass is 10.0. The van der Waals surface area contributed by atoms with Crippen molar-refractivity contribution in [3.8, 4) is 0 Å². The largest absolute Gasteiger partial charge is 0.366 e. The van der Waals surface area contributed by atoms with E-state index in [2.05, 4.69) is 57.7 Å². The first kappa shape index (κ1) is 13.8. The summed E-state index contributed by atoms with van der Waals surface area (Å²) in [6.45, 7) is 2.72. The smallest absolute Gasteiger partial charge is 0.134 e. The van der Waals surface area contributed by atoms with Crippen LogP contribution in [0.2, 0.25) is 5.15 Å². The van der Waals surface area contributed by atoms with E-state index in [9.17, 15) is 0 Å². The Morgan fingerprint density at radius 1 is 1.05 bits per heavy atom. The van der Waals surface area contributed by atoms with Crippen molar-refractivity contribution in [1.82, 2.24) is 9.97 Å². The number of hydrogen-bond donors (Lipinski definition) is 1. The maximum Gasteiger partial charge on any atom is 0.134 e. The van der Waals surface area contributed by atoms with Crippen LogP contribution in [0.15, 0.2) is 48.5 Å². The van der Waals surface area contributed by atoms with Crippen LogP contribution in [-0.4, -0.2) is 9.97 Å². The molecule has 0 spiro atoms. The number of aromatic nitrogens is 2. The summed E-state index contributed by atoms with van der Waals surface area (Å²) in [7, 11) is 0. The highest BCUT2D eigenvalue weighted by atomic mass is 35.5. The molecule has 0 aliphatic rings. The van der Waals surface area contributed by atoms with E-state index in [1.54, 1.807) is 6.07 Å². The van der Waals surface area contributed by atoms with Gasteiger partial charge in [0.1, 0.15) is 16.8 Å². The van der Waals surface area contributed by atoms with Crippen molar-refractivity contribution in [1.29, 1.82) is 0 Å². The van der Waals surface area contributed by atoms with Crippen LogP contribution in [0.4, 0.5) is 5.82 Å². The van der Waals surface area contributed by atoms with Crippen molar-refractivity contribution in [3.05, 3.63) is 65.1 Å². The second-order valence-electron chi connectivity index (χ2n) is 4.84. The maximum atomic E-state index is 6.01. The molecule has 1 N–H and O–H groups in total. The first-order chi connectivity index (χ1) is 10.3. The highest BCUT2D eigenvalue weighted by Crippen LogP contribution is 2.20. The lowest BCUT2D eigenvalue weighted by Crippen LogP contribution is -2.04. The Balaban J connectivity index is 1.85. The molecular formula is C17H16ClN3. The number of fused-ring (bicyclic) bond motifs is 1. The lowest BCUT2D eigenvalue weighted by Gasteiger charge is -2.10. The molecule has 0 saturated carbocycles. The van der Waals surface area contributed by atoms with Crippen LogP contribution in [0.25, 0.3) is 10.8 Å². The second-order valence-corrected chi connectivity index (χ2v) is 5.22. The van der Waals surface area contributed by atoms with Gasteiger partial charge in [-0.25, -0.2) is 9.97 Å². The monoisotopic (exact) mass is 297 g/mol. The van der Waals surface area contributed by atoms with E-state index >= 15 is 0 Å². The van der Waals surface area contributed by atoms with E-state index in [4.69, 9.17) is 11.6 Å². The summed E-state index contributed by atoms with van der Waals surface area (Å²) in [5, 5.41) is 6.30. The highest BCUT2D eigenvalue weighted by molar-refractivity contribution is 6.29. The fraction of sp³-hybridized carbons (Fsp3) is 0.176. The SMILES string of the molecule is CCc1nc(Cl)cc(NCc2cccc3ccccc23)n1. The molecule has 3 nitrogen and oxygen atoms in total. The molecule has 0 fully saturated rings. The van der Waals surface area contributed by atoms with Gasteiger partial charge in [0.05, 0.1) is 0 Å². The van der Waals surface area contributed by atoms with E-state index in [-0.39, 0.29) is 0 Å². The quantitative estimate of drug-likeness (QED) is 0.723. The first-order valence-corrected chi connectivity index (χ1v) is 7.38. The molecule has 0 atom stereocenters. The van der Waals surface area contributed by atoms with Gasteiger partial charge in [0, 0.05) is 19.0 Å². The molecule has 2 aromatic carbocycles. The Kier molecular flexibility index (Phi) is 4.02. The molecule has 21 heavy (non-hydrogen) atoms. The number of aryl methyl sites for hydroxylation is 1. The zero-order valence-corrected chi connectivity index (χ0v) is 12.6. The van der Waals surface area contributed by atoms with E-state index in [0.29, 0.717) is 11.7 Å². The van der Waals surface area contributed by atoms with Crippen molar-refractivity contribution in [2.24, 2.45) is 0 Å². The highest BCUT2D eigenvalue weighted by Gasteiger charge is 2.04. The predicted octanol–water partition coefficient (Wildman–Crippen LogP) is 4.46. The third-order valence-corrected chi connectivity index (χ3v) is 3.59. The van der Waals surface area contributed by atoms with Crippen molar-refractivity contribution >= 4 is 28.2 Å². The minimum absolute atomic E-state index is 0.474. The third kappa shape index (κ3) is 3.14. The molecular weight excluding hydrogens is 282 g/mol. The lowest BCUT2D eigenvalue weighted by molar-refractivity contribution is 0.933. The average Bonchev–Trinajstić information content (AvgIpc) is 2.52. The van der Waals surface area contributed by atoms with Gasteiger partial charge < -0.3 is 5.32 Å². The van der Waals surface area contributed by atoms with Gasteiger partial charge in [-0.2, -0.15) is 0 Å². The molecule has 0 saturated heterocycles. The maximum absolute atomic E-state index is 6.01. The van der Waals surface area contributed by atoms with E-state index in [0.717, 1.165) is 18.1 Å². The topological polar surface area (TPSA) is 37.8 Å². The predicted molar refractivity (Wildman–Crippen MR) is 87.7 cm³/mol. The van der Waals surface area contributed by atoms with Gasteiger partial charge >= 0.3 is 0 Å². The Morgan fingerprint density at radius 2 is 1.86 bits per heavy atom. The summed E-state index contributed by atoms with van der Waals surface area (Å²) in [6.07, 6.45) is 0.767. The Hall–Kier alpha value is -2.13. The summed E-state index contributed by atoms with van der Waals surface area (Å²) in [5.74, 6) is 1.52. The molecule has 0 aliphatic carbocycles. The summed E-state index contributed by atoms with van der Waals surface area (Å²) in [4.78, 5) is 8.61. The Labute approximate surface area is 129 Å². The first-order valence-electron chi connectivity index (χ1n) is 7.00. The van der Waals surface area contributed by atoms with Gasteiger partial charge in [-0.1, -0.05) is 61.0 Å². The van der Waals surface area contributed by atoms with Crippen molar-refractivity contribution in [2.75, 3.05) is 5.32 Å². The molecule has 0 bridgehead atoms. The average molecular weight is 298 g/mol. The van der Waals surface area contributed by atoms with E-state index < -0.39 is 0 Å². The fourth-order valence-electron chi connectivity index (χ4n) is 2.35. The van der Waals surface area contributed by atoms with Gasteiger partial charge in [-0.3, -0.25) is 0 Å². The summed E-state index contributed by atoms with van der Waals surface area (Å²) < 4.78 is 0. The van der Waals surface area contributed by atoms with Crippen LogP contribution >= 0.6 is 11.6 Å². The van der Waals surface area contributed by atoms with Crippen LogP contribution in [0, 0.1) is 0 Å². The normalized spacial score (nSPS) is 10.8. The van der Waals surface area contributed by atoms with Crippen molar-refractivity contribution in [2.45, 2.75) is 19.9 Å². The summed E-state index contributed by atoms with van der Waals surface area (Å²) in [6, 6.07) is 16.4. The van der Waals surface area contributed by atoms with Gasteiger partial charge in [0.25, 0.3) is 0 Å². The van der Waals surface area contributed by atoms with Crippen LogP contribution in [0.1, 0.15) is 18.3 Å². The number of halogens is 1. The Morgan fingerprint density at radius 3 is 2.71 bits per heavy atom. The molecule has 4 heteroatoms. The fourth-order valence-corrected chi connectivity index (χ4v) is 2.55. The molecule has 0 radical (unpaired) electrons. The van der Waals surface area contributed by atoms with Crippen LogP contribution in [0.5, 0.6) is 0 Å². The molecule has 1 aromatic heterocycles. The Bertz CT molecular complexity index is 766. The standard InChI is InChI=1S/C17H16ClN3/c1-2-16-20-15(18)10-17(21-16)19-11-13-8-5-7-12-6-3-4-9-14(12)13/h3-10H,2,11H2,1H3,(H,19,20,21). The molecule has 0 amide bonds. The summed E-state index contributed by atoms with van der Waals surface area (Å²) >= 11 is 6.01. The van der Waals surface area contributed by atoms with Crippen molar-refractivity contribution < 1.29 is 0 Å². The van der Waals surface area contributed by atoms with Crippen LogP contribution in [-0.2, 0) is 13.0 Å². The number of benzene rings is 2. The van der Waals surface area contributed by atoms with Gasteiger partial charge in [-0.05, 0) is 16.3 Å². The van der Waals surface area contributed by atoms with E-state index in [1.165, 1.54) is 16.3 Å². The molecule has 106 valence electrons. The van der Waals surface area contributed by atoms with Gasteiger partial charge in [-0.15, -0.1) is 0 Å².